The Morgan fingerprint density at radius 3 is 2.48 bits per heavy atom. The Morgan fingerprint density at radius 2 is 1.88 bits per heavy atom. The quantitative estimate of drug-likeness (QED) is 0.724. The molecule has 0 aliphatic heterocycles. The molecule has 0 spiro atoms. The van der Waals surface area contributed by atoms with Crippen LogP contribution in [0.25, 0.3) is 16.9 Å². The topological polar surface area (TPSA) is 84.3 Å². The number of carboxylic acids is 1. The standard InChI is InChI=1S/C19H18N2O4/c1-25-16-7-2-13(3-8-16)17-9-4-14(6-11-19(23)24)21(17)15-5-10-18(22)20-12-15/h2-5,7-10,12H,6,11H2,1H3,(H,20,22)(H,23,24). The first-order chi connectivity index (χ1) is 12.1. The van der Waals surface area contributed by atoms with E-state index in [2.05, 4.69) is 4.98 Å². The van der Waals surface area contributed by atoms with Gasteiger partial charge in [-0.15, -0.1) is 0 Å². The minimum atomic E-state index is -0.847. The summed E-state index contributed by atoms with van der Waals surface area (Å²) >= 11 is 0. The molecule has 0 saturated carbocycles. The van der Waals surface area contributed by atoms with E-state index < -0.39 is 5.97 Å². The van der Waals surface area contributed by atoms with Gasteiger partial charge in [-0.3, -0.25) is 9.59 Å². The number of carbonyl (C=O) groups is 1. The highest BCUT2D eigenvalue weighted by molar-refractivity contribution is 5.68. The number of aryl methyl sites for hydroxylation is 1. The van der Waals surface area contributed by atoms with Crippen LogP contribution in [-0.4, -0.2) is 27.7 Å². The van der Waals surface area contributed by atoms with Gasteiger partial charge in [0, 0.05) is 18.0 Å². The fraction of sp³-hybridized carbons (Fsp3) is 0.158. The number of aliphatic carboxylic acids is 1. The third-order valence-electron chi connectivity index (χ3n) is 3.97. The lowest BCUT2D eigenvalue weighted by Gasteiger charge is -2.14. The SMILES string of the molecule is COc1ccc(-c2ccc(CCC(=O)O)n2-c2ccc(=O)[nH]c2)cc1. The number of benzene rings is 1. The molecule has 0 unspecified atom stereocenters. The number of hydrogen-bond donors (Lipinski definition) is 2. The molecule has 0 fully saturated rings. The molecule has 2 N–H and O–H groups in total. The average Bonchev–Trinajstić information content (AvgIpc) is 3.04. The molecule has 0 atom stereocenters. The van der Waals surface area contributed by atoms with E-state index in [1.165, 1.54) is 6.07 Å². The van der Waals surface area contributed by atoms with Crippen molar-refractivity contribution in [1.82, 2.24) is 9.55 Å². The Hall–Kier alpha value is -3.28. The zero-order valence-electron chi connectivity index (χ0n) is 13.7. The molecule has 6 nitrogen and oxygen atoms in total. The molecular weight excluding hydrogens is 320 g/mol. The van der Waals surface area contributed by atoms with Crippen molar-refractivity contribution in [2.24, 2.45) is 0 Å². The summed E-state index contributed by atoms with van der Waals surface area (Å²) in [7, 11) is 1.61. The van der Waals surface area contributed by atoms with E-state index in [9.17, 15) is 9.59 Å². The fourth-order valence-corrected chi connectivity index (χ4v) is 2.74. The van der Waals surface area contributed by atoms with Crippen molar-refractivity contribution in [3.05, 3.63) is 70.8 Å². The van der Waals surface area contributed by atoms with Gasteiger partial charge in [0.25, 0.3) is 0 Å². The molecule has 25 heavy (non-hydrogen) atoms. The first-order valence-electron chi connectivity index (χ1n) is 7.84. The summed E-state index contributed by atoms with van der Waals surface area (Å²) < 4.78 is 7.15. The van der Waals surface area contributed by atoms with Crippen LogP contribution in [0.2, 0.25) is 0 Å². The molecular formula is C19H18N2O4. The first kappa shape index (κ1) is 16.6. The third-order valence-corrected chi connectivity index (χ3v) is 3.97. The van der Waals surface area contributed by atoms with Gasteiger partial charge in [-0.2, -0.15) is 0 Å². The van der Waals surface area contributed by atoms with Crippen molar-refractivity contribution < 1.29 is 14.6 Å². The Labute approximate surface area is 144 Å². The van der Waals surface area contributed by atoms with Crippen molar-refractivity contribution in [1.29, 1.82) is 0 Å². The number of carboxylic acid groups (broad SMARTS) is 1. The number of pyridine rings is 1. The second-order valence-electron chi connectivity index (χ2n) is 5.58. The van der Waals surface area contributed by atoms with Gasteiger partial charge < -0.3 is 19.4 Å². The van der Waals surface area contributed by atoms with Gasteiger partial charge in [0.2, 0.25) is 5.56 Å². The van der Waals surface area contributed by atoms with Crippen LogP contribution in [0, 0.1) is 0 Å². The molecule has 0 aliphatic carbocycles. The lowest BCUT2D eigenvalue weighted by Crippen LogP contribution is -2.09. The lowest BCUT2D eigenvalue weighted by atomic mass is 10.1. The van der Waals surface area contributed by atoms with E-state index in [4.69, 9.17) is 9.84 Å². The Bertz CT molecular complexity index is 918. The largest absolute Gasteiger partial charge is 0.497 e. The summed E-state index contributed by atoms with van der Waals surface area (Å²) in [6.45, 7) is 0. The maximum Gasteiger partial charge on any atom is 0.303 e. The van der Waals surface area contributed by atoms with Gasteiger partial charge in [-0.25, -0.2) is 0 Å². The van der Waals surface area contributed by atoms with Crippen LogP contribution in [-0.2, 0) is 11.2 Å². The van der Waals surface area contributed by atoms with E-state index in [-0.39, 0.29) is 12.0 Å². The Kier molecular flexibility index (Phi) is 4.70. The van der Waals surface area contributed by atoms with E-state index in [1.54, 1.807) is 19.4 Å². The fourth-order valence-electron chi connectivity index (χ4n) is 2.74. The summed E-state index contributed by atoms with van der Waals surface area (Å²) in [6.07, 6.45) is 2.06. The van der Waals surface area contributed by atoms with Gasteiger partial charge in [-0.05, 0) is 54.4 Å². The van der Waals surface area contributed by atoms with Crippen LogP contribution in [0.3, 0.4) is 0 Å². The third kappa shape index (κ3) is 3.63. The van der Waals surface area contributed by atoms with Crippen molar-refractivity contribution >= 4 is 5.97 Å². The molecule has 128 valence electrons. The van der Waals surface area contributed by atoms with Crippen molar-refractivity contribution in [3.63, 3.8) is 0 Å². The minimum Gasteiger partial charge on any atom is -0.497 e. The molecule has 0 bridgehead atoms. The van der Waals surface area contributed by atoms with E-state index in [0.29, 0.717) is 6.42 Å². The predicted molar refractivity (Wildman–Crippen MR) is 94.3 cm³/mol. The number of rotatable bonds is 6. The second-order valence-corrected chi connectivity index (χ2v) is 5.58. The summed E-state index contributed by atoms with van der Waals surface area (Å²) in [4.78, 5) is 25.0. The molecule has 1 aromatic carbocycles. The molecule has 0 aliphatic rings. The van der Waals surface area contributed by atoms with E-state index >= 15 is 0 Å². The van der Waals surface area contributed by atoms with Gasteiger partial charge >= 0.3 is 5.97 Å². The van der Waals surface area contributed by atoms with Crippen LogP contribution >= 0.6 is 0 Å². The highest BCUT2D eigenvalue weighted by atomic mass is 16.5. The summed E-state index contributed by atoms with van der Waals surface area (Å²) in [5.41, 5.74) is 3.33. The number of nitrogens with zero attached hydrogens (tertiary/aromatic N) is 1. The normalized spacial score (nSPS) is 10.6. The Morgan fingerprint density at radius 1 is 1.12 bits per heavy atom. The molecule has 2 aromatic heterocycles. The van der Waals surface area contributed by atoms with Crippen LogP contribution < -0.4 is 10.3 Å². The monoisotopic (exact) mass is 338 g/mol. The number of H-pyrrole nitrogens is 1. The minimum absolute atomic E-state index is 0.0371. The van der Waals surface area contributed by atoms with E-state index in [0.717, 1.165) is 28.4 Å². The molecule has 3 aromatic rings. The number of ether oxygens (including phenoxy) is 1. The maximum atomic E-state index is 11.4. The zero-order chi connectivity index (χ0) is 17.8. The summed E-state index contributed by atoms with van der Waals surface area (Å²) in [5.74, 6) is -0.0859. The molecule has 0 amide bonds. The lowest BCUT2D eigenvalue weighted by molar-refractivity contribution is -0.136. The van der Waals surface area contributed by atoms with Gasteiger partial charge in [0.1, 0.15) is 5.75 Å². The highest BCUT2D eigenvalue weighted by Gasteiger charge is 2.13. The maximum absolute atomic E-state index is 11.4. The molecule has 0 saturated heterocycles. The van der Waals surface area contributed by atoms with Gasteiger partial charge in [-0.1, -0.05) is 0 Å². The number of hydrogen-bond acceptors (Lipinski definition) is 3. The predicted octanol–water partition coefficient (Wildman–Crippen LogP) is 2.86. The molecule has 6 heteroatoms. The van der Waals surface area contributed by atoms with Crippen molar-refractivity contribution in [2.75, 3.05) is 7.11 Å². The second kappa shape index (κ2) is 7.09. The molecule has 0 radical (unpaired) electrons. The van der Waals surface area contributed by atoms with Gasteiger partial charge in [0.15, 0.2) is 0 Å². The molecule has 3 rings (SSSR count). The van der Waals surface area contributed by atoms with E-state index in [1.807, 2.05) is 41.0 Å². The first-order valence-corrected chi connectivity index (χ1v) is 7.84. The van der Waals surface area contributed by atoms with Crippen LogP contribution in [0.5, 0.6) is 5.75 Å². The number of nitrogens with one attached hydrogen (secondary N) is 1. The zero-order valence-corrected chi connectivity index (χ0v) is 13.7. The average molecular weight is 338 g/mol. The van der Waals surface area contributed by atoms with Crippen LogP contribution in [0.4, 0.5) is 0 Å². The number of aromatic nitrogens is 2. The summed E-state index contributed by atoms with van der Waals surface area (Å²) in [6, 6.07) is 14.7. The van der Waals surface area contributed by atoms with Crippen molar-refractivity contribution in [2.45, 2.75) is 12.8 Å². The number of aromatic amines is 1. The summed E-state index contributed by atoms with van der Waals surface area (Å²) in [5, 5.41) is 8.98. The van der Waals surface area contributed by atoms with Crippen LogP contribution in [0.1, 0.15) is 12.1 Å². The smallest absolute Gasteiger partial charge is 0.303 e. The number of methoxy groups -OCH3 is 1. The Balaban J connectivity index is 2.09. The van der Waals surface area contributed by atoms with Crippen molar-refractivity contribution in [3.8, 4) is 22.7 Å². The van der Waals surface area contributed by atoms with Gasteiger partial charge in [0.05, 0.1) is 24.9 Å². The van der Waals surface area contributed by atoms with Crippen LogP contribution in [0.15, 0.2) is 59.5 Å². The highest BCUT2D eigenvalue weighted by Crippen LogP contribution is 2.28. The molecule has 2 heterocycles.